The molecule has 0 aliphatic rings. The number of ether oxygens (including phenoxy) is 1. The van der Waals surface area contributed by atoms with Gasteiger partial charge in [-0.2, -0.15) is 0 Å². The van der Waals surface area contributed by atoms with Crippen molar-refractivity contribution in [1.82, 2.24) is 9.97 Å². The second-order valence-corrected chi connectivity index (χ2v) is 3.37. The van der Waals surface area contributed by atoms with E-state index >= 15 is 0 Å². The Bertz CT molecular complexity index is 318. The molecule has 0 aliphatic heterocycles. The second-order valence-electron chi connectivity index (χ2n) is 3.37. The Morgan fingerprint density at radius 2 is 2.12 bits per heavy atom. The van der Waals surface area contributed by atoms with Gasteiger partial charge in [0.15, 0.2) is 0 Å². The van der Waals surface area contributed by atoms with E-state index in [9.17, 15) is 0 Å². The van der Waals surface area contributed by atoms with Gasteiger partial charge < -0.3 is 15.5 Å². The van der Waals surface area contributed by atoms with Crippen LogP contribution in [0.5, 0.6) is 0 Å². The van der Waals surface area contributed by atoms with Gasteiger partial charge in [-0.3, -0.25) is 0 Å². The zero-order valence-electron chi connectivity index (χ0n) is 9.79. The van der Waals surface area contributed by atoms with E-state index in [2.05, 4.69) is 27.6 Å². The zero-order valence-corrected chi connectivity index (χ0v) is 9.79. The molecular formula is C10H19N5O. The van der Waals surface area contributed by atoms with Crippen LogP contribution in [0.3, 0.4) is 0 Å². The number of hydrogen-bond acceptors (Lipinski definition) is 6. The average molecular weight is 225 g/mol. The number of hydrazine groups is 1. The van der Waals surface area contributed by atoms with Crippen LogP contribution < -0.4 is 16.6 Å². The number of aryl methyl sites for hydroxylation is 1. The lowest BCUT2D eigenvalue weighted by Crippen LogP contribution is -2.14. The van der Waals surface area contributed by atoms with Crippen LogP contribution >= 0.6 is 0 Å². The lowest BCUT2D eigenvalue weighted by Gasteiger charge is -2.08. The minimum atomic E-state index is 0.623. The van der Waals surface area contributed by atoms with E-state index < -0.39 is 0 Å². The van der Waals surface area contributed by atoms with Crippen molar-refractivity contribution in [3.63, 3.8) is 0 Å². The summed E-state index contributed by atoms with van der Waals surface area (Å²) in [7, 11) is 1.66. The van der Waals surface area contributed by atoms with Gasteiger partial charge in [-0.25, -0.2) is 15.8 Å². The zero-order chi connectivity index (χ0) is 11.8. The summed E-state index contributed by atoms with van der Waals surface area (Å²) in [6.07, 6.45) is 1.85. The molecule has 16 heavy (non-hydrogen) atoms. The molecule has 0 amide bonds. The van der Waals surface area contributed by atoms with E-state index in [4.69, 9.17) is 10.6 Å². The number of aromatic nitrogens is 2. The van der Waals surface area contributed by atoms with E-state index in [1.807, 2.05) is 0 Å². The molecule has 1 rings (SSSR count). The van der Waals surface area contributed by atoms with E-state index in [0.29, 0.717) is 19.0 Å². The summed E-state index contributed by atoms with van der Waals surface area (Å²) < 4.78 is 4.95. The molecule has 0 bridgehead atoms. The molecule has 0 atom stereocenters. The number of hydrogen-bond donors (Lipinski definition) is 3. The highest BCUT2D eigenvalue weighted by molar-refractivity contribution is 5.46. The van der Waals surface area contributed by atoms with Gasteiger partial charge in [0.05, 0.1) is 6.61 Å². The number of nitrogens with two attached hydrogens (primary N) is 1. The van der Waals surface area contributed by atoms with Crippen molar-refractivity contribution >= 4 is 11.6 Å². The van der Waals surface area contributed by atoms with Gasteiger partial charge in [-0.05, 0) is 6.42 Å². The summed E-state index contributed by atoms with van der Waals surface area (Å²) in [4.78, 5) is 8.62. The van der Waals surface area contributed by atoms with Gasteiger partial charge >= 0.3 is 0 Å². The van der Waals surface area contributed by atoms with Crippen LogP contribution in [0.25, 0.3) is 0 Å². The molecule has 0 saturated heterocycles. The van der Waals surface area contributed by atoms with Crippen molar-refractivity contribution in [3.8, 4) is 0 Å². The average Bonchev–Trinajstić information content (AvgIpc) is 2.29. The maximum Gasteiger partial charge on any atom is 0.145 e. The van der Waals surface area contributed by atoms with Crippen LogP contribution in [0.1, 0.15) is 19.2 Å². The Kier molecular flexibility index (Phi) is 5.52. The largest absolute Gasteiger partial charge is 0.383 e. The van der Waals surface area contributed by atoms with Gasteiger partial charge in [-0.1, -0.05) is 6.92 Å². The van der Waals surface area contributed by atoms with Crippen LogP contribution in [-0.4, -0.2) is 30.2 Å². The Morgan fingerprint density at radius 1 is 1.38 bits per heavy atom. The number of anilines is 2. The number of nitrogens with one attached hydrogen (secondary N) is 2. The van der Waals surface area contributed by atoms with Gasteiger partial charge in [0.1, 0.15) is 17.5 Å². The molecule has 0 aromatic carbocycles. The summed E-state index contributed by atoms with van der Waals surface area (Å²) in [6.45, 7) is 3.44. The van der Waals surface area contributed by atoms with Crippen molar-refractivity contribution in [1.29, 1.82) is 0 Å². The van der Waals surface area contributed by atoms with Gasteiger partial charge in [0.2, 0.25) is 0 Å². The van der Waals surface area contributed by atoms with E-state index in [1.54, 1.807) is 13.2 Å². The summed E-state index contributed by atoms with van der Waals surface area (Å²) >= 11 is 0. The predicted octanol–water partition coefficient (Wildman–Crippen LogP) is 0.773. The van der Waals surface area contributed by atoms with Crippen LogP contribution in [0.15, 0.2) is 6.07 Å². The molecule has 1 aromatic heterocycles. The van der Waals surface area contributed by atoms with Crippen molar-refractivity contribution in [3.05, 3.63) is 11.9 Å². The number of rotatable bonds is 7. The van der Waals surface area contributed by atoms with Crippen LogP contribution in [0.4, 0.5) is 11.6 Å². The highest BCUT2D eigenvalue weighted by atomic mass is 16.5. The standard InChI is InChI=1S/C10H19N5O/c1-3-4-8-13-9(12-5-6-16-2)7-10(14-8)15-11/h7H,3-6,11H2,1-2H3,(H2,12,13,14,15). The molecule has 0 unspecified atom stereocenters. The van der Waals surface area contributed by atoms with Gasteiger partial charge in [0.25, 0.3) is 0 Å². The third-order valence-electron chi connectivity index (χ3n) is 2.01. The molecule has 1 heterocycles. The maximum atomic E-state index is 5.35. The normalized spacial score (nSPS) is 10.2. The third-order valence-corrected chi connectivity index (χ3v) is 2.01. The molecule has 6 heteroatoms. The highest BCUT2D eigenvalue weighted by Gasteiger charge is 2.02. The molecule has 0 saturated carbocycles. The molecule has 0 fully saturated rings. The Hall–Kier alpha value is -1.40. The molecule has 90 valence electrons. The summed E-state index contributed by atoms with van der Waals surface area (Å²) in [6, 6.07) is 1.77. The molecule has 0 spiro atoms. The topological polar surface area (TPSA) is 85.1 Å². The molecule has 4 N–H and O–H groups in total. The Balaban J connectivity index is 2.69. The number of nitrogen functional groups attached to an aromatic ring is 1. The first kappa shape index (κ1) is 12.7. The molecule has 0 aliphatic carbocycles. The van der Waals surface area contributed by atoms with Crippen molar-refractivity contribution < 1.29 is 4.74 Å². The van der Waals surface area contributed by atoms with E-state index in [0.717, 1.165) is 24.5 Å². The van der Waals surface area contributed by atoms with E-state index in [-0.39, 0.29) is 0 Å². The summed E-state index contributed by atoms with van der Waals surface area (Å²) in [5.41, 5.74) is 2.53. The monoisotopic (exact) mass is 225 g/mol. The molecule has 0 radical (unpaired) electrons. The first-order valence-corrected chi connectivity index (χ1v) is 5.37. The molecule has 6 nitrogen and oxygen atoms in total. The van der Waals surface area contributed by atoms with Crippen molar-refractivity contribution in [2.45, 2.75) is 19.8 Å². The second kappa shape index (κ2) is 6.97. The third kappa shape index (κ3) is 4.00. The highest BCUT2D eigenvalue weighted by Crippen LogP contribution is 2.11. The fraction of sp³-hybridized carbons (Fsp3) is 0.600. The lowest BCUT2D eigenvalue weighted by atomic mass is 10.3. The minimum Gasteiger partial charge on any atom is -0.383 e. The fourth-order valence-corrected chi connectivity index (χ4v) is 1.28. The van der Waals surface area contributed by atoms with Crippen LogP contribution in [-0.2, 0) is 11.2 Å². The molecular weight excluding hydrogens is 206 g/mol. The quantitative estimate of drug-likeness (QED) is 0.361. The van der Waals surface area contributed by atoms with E-state index in [1.165, 1.54) is 0 Å². The first-order chi connectivity index (χ1) is 7.80. The summed E-state index contributed by atoms with van der Waals surface area (Å²) in [5, 5.41) is 3.15. The number of nitrogens with zero attached hydrogens (tertiary/aromatic N) is 2. The fourth-order valence-electron chi connectivity index (χ4n) is 1.28. The first-order valence-electron chi connectivity index (χ1n) is 5.37. The lowest BCUT2D eigenvalue weighted by molar-refractivity contribution is 0.210. The number of methoxy groups -OCH3 is 1. The summed E-state index contributed by atoms with van der Waals surface area (Å²) in [5.74, 6) is 7.53. The van der Waals surface area contributed by atoms with Crippen molar-refractivity contribution in [2.75, 3.05) is 31.0 Å². The predicted molar refractivity (Wildman–Crippen MR) is 64.2 cm³/mol. The SMILES string of the molecule is CCCc1nc(NN)cc(NCCOC)n1. The van der Waals surface area contributed by atoms with Crippen LogP contribution in [0, 0.1) is 0 Å². The smallest absolute Gasteiger partial charge is 0.145 e. The Morgan fingerprint density at radius 3 is 2.75 bits per heavy atom. The van der Waals surface area contributed by atoms with Gasteiger partial charge in [0, 0.05) is 26.1 Å². The molecule has 1 aromatic rings. The van der Waals surface area contributed by atoms with Crippen molar-refractivity contribution in [2.24, 2.45) is 5.84 Å². The van der Waals surface area contributed by atoms with Crippen LogP contribution in [0.2, 0.25) is 0 Å². The Labute approximate surface area is 95.6 Å². The van der Waals surface area contributed by atoms with Gasteiger partial charge in [-0.15, -0.1) is 0 Å². The minimum absolute atomic E-state index is 0.623. The maximum absolute atomic E-state index is 5.35.